The summed E-state index contributed by atoms with van der Waals surface area (Å²) in [6.07, 6.45) is 6.25. The highest BCUT2D eigenvalue weighted by molar-refractivity contribution is 14.0. The Labute approximate surface area is 177 Å². The molecule has 0 aliphatic carbocycles. The molecule has 27 heavy (non-hydrogen) atoms. The molecule has 0 radical (unpaired) electrons. The molecule has 2 N–H and O–H groups in total. The third-order valence-corrected chi connectivity index (χ3v) is 4.64. The van der Waals surface area contributed by atoms with Crippen LogP contribution in [0.25, 0.3) is 0 Å². The Hall–Kier alpha value is -1.78. The van der Waals surface area contributed by atoms with Crippen LogP contribution in [0.1, 0.15) is 44.1 Å². The fourth-order valence-electron chi connectivity index (χ4n) is 3.14. The first kappa shape index (κ1) is 21.5. The average Bonchev–Trinajstić information content (AvgIpc) is 3.28. The lowest BCUT2D eigenvalue weighted by Gasteiger charge is -2.34. The van der Waals surface area contributed by atoms with Gasteiger partial charge in [0.2, 0.25) is 0 Å². The number of guanidine groups is 1. The molecule has 150 valence electrons. The van der Waals surface area contributed by atoms with E-state index in [9.17, 15) is 0 Å². The van der Waals surface area contributed by atoms with Gasteiger partial charge in [0.05, 0.1) is 24.1 Å². The van der Waals surface area contributed by atoms with Crippen LogP contribution in [0.4, 0.5) is 5.69 Å². The lowest BCUT2D eigenvalue weighted by molar-refractivity contribution is 0.371. The van der Waals surface area contributed by atoms with Gasteiger partial charge in [0, 0.05) is 45.5 Å². The van der Waals surface area contributed by atoms with Crippen molar-refractivity contribution in [2.45, 2.75) is 45.2 Å². The van der Waals surface area contributed by atoms with Crippen LogP contribution in [0.3, 0.4) is 0 Å². The summed E-state index contributed by atoms with van der Waals surface area (Å²) in [5.41, 5.74) is 2.15. The fourth-order valence-corrected chi connectivity index (χ4v) is 3.14. The largest absolute Gasteiger partial charge is 0.367 e. The number of nitrogens with zero attached hydrogens (tertiary/aromatic N) is 5. The van der Waals surface area contributed by atoms with Gasteiger partial charge in [-0.2, -0.15) is 5.10 Å². The molecule has 3 rings (SSSR count). The Kier molecular flexibility index (Phi) is 7.93. The first-order valence-electron chi connectivity index (χ1n) is 9.21. The van der Waals surface area contributed by atoms with Crippen LogP contribution in [-0.2, 0) is 13.6 Å². The molecule has 1 fully saturated rings. The van der Waals surface area contributed by atoms with E-state index in [0.29, 0.717) is 18.5 Å². The van der Waals surface area contributed by atoms with E-state index in [-0.39, 0.29) is 24.0 Å². The molecule has 1 aliphatic rings. The summed E-state index contributed by atoms with van der Waals surface area (Å²) >= 11 is 0. The highest BCUT2D eigenvalue weighted by atomic mass is 127. The zero-order valence-electron chi connectivity index (χ0n) is 16.5. The van der Waals surface area contributed by atoms with Crippen molar-refractivity contribution in [3.8, 4) is 0 Å². The number of aliphatic imine (C=N–C) groups is 1. The van der Waals surface area contributed by atoms with E-state index in [0.717, 1.165) is 43.3 Å². The predicted molar refractivity (Wildman–Crippen MR) is 118 cm³/mol. The Balaban J connectivity index is 0.00000261. The summed E-state index contributed by atoms with van der Waals surface area (Å²) < 4.78 is 7.22. The zero-order chi connectivity index (χ0) is 18.5. The monoisotopic (exact) mass is 487 g/mol. The molecule has 9 heteroatoms. The summed E-state index contributed by atoms with van der Waals surface area (Å²) in [6, 6.07) is 2.34. The van der Waals surface area contributed by atoms with E-state index in [2.05, 4.69) is 50.8 Å². The van der Waals surface area contributed by atoms with Gasteiger partial charge in [-0.25, -0.2) is 0 Å². The van der Waals surface area contributed by atoms with Gasteiger partial charge >= 0.3 is 0 Å². The van der Waals surface area contributed by atoms with E-state index in [1.807, 2.05) is 24.0 Å². The summed E-state index contributed by atoms with van der Waals surface area (Å²) in [5.74, 6) is 1.97. The van der Waals surface area contributed by atoms with Gasteiger partial charge in [0.15, 0.2) is 11.7 Å². The van der Waals surface area contributed by atoms with Crippen molar-refractivity contribution in [1.82, 2.24) is 25.6 Å². The number of rotatable bonds is 5. The van der Waals surface area contributed by atoms with E-state index in [1.54, 1.807) is 7.05 Å². The second-order valence-corrected chi connectivity index (χ2v) is 7.10. The Morgan fingerprint density at radius 3 is 2.89 bits per heavy atom. The first-order valence-corrected chi connectivity index (χ1v) is 9.21. The average molecular weight is 487 g/mol. The van der Waals surface area contributed by atoms with Crippen molar-refractivity contribution >= 4 is 35.6 Å². The molecule has 1 unspecified atom stereocenters. The molecule has 0 saturated carbocycles. The smallest absolute Gasteiger partial charge is 0.191 e. The van der Waals surface area contributed by atoms with Gasteiger partial charge in [-0.3, -0.25) is 9.67 Å². The third kappa shape index (κ3) is 5.85. The summed E-state index contributed by atoms with van der Waals surface area (Å²) in [4.78, 5) is 6.71. The van der Waals surface area contributed by atoms with Crippen molar-refractivity contribution in [2.24, 2.45) is 12.0 Å². The molecular weight excluding hydrogens is 457 g/mol. The molecule has 2 aromatic rings. The molecule has 0 aromatic carbocycles. The molecular formula is C18H30IN7O. The highest BCUT2D eigenvalue weighted by Crippen LogP contribution is 2.19. The van der Waals surface area contributed by atoms with Crippen LogP contribution in [-0.4, -0.2) is 47.1 Å². The summed E-state index contributed by atoms with van der Waals surface area (Å²) in [5, 5.41) is 15.2. The Morgan fingerprint density at radius 1 is 1.44 bits per heavy atom. The number of hydrogen-bond acceptors (Lipinski definition) is 5. The maximum atomic E-state index is 5.38. The molecule has 2 aromatic heterocycles. The third-order valence-electron chi connectivity index (χ3n) is 4.64. The minimum absolute atomic E-state index is 0. The number of anilines is 1. The fraction of sp³-hybridized carbons (Fsp3) is 0.611. The summed E-state index contributed by atoms with van der Waals surface area (Å²) in [6.45, 7) is 6.77. The molecule has 3 heterocycles. The predicted octanol–water partition coefficient (Wildman–Crippen LogP) is 2.48. The van der Waals surface area contributed by atoms with Gasteiger partial charge in [0.1, 0.15) is 0 Å². The molecule has 8 nitrogen and oxygen atoms in total. The van der Waals surface area contributed by atoms with E-state index >= 15 is 0 Å². The summed E-state index contributed by atoms with van der Waals surface area (Å²) in [7, 11) is 3.74. The van der Waals surface area contributed by atoms with E-state index < -0.39 is 0 Å². The van der Waals surface area contributed by atoms with Crippen LogP contribution in [0, 0.1) is 0 Å². The normalized spacial score (nSPS) is 17.7. The Morgan fingerprint density at radius 2 is 2.26 bits per heavy atom. The highest BCUT2D eigenvalue weighted by Gasteiger charge is 2.22. The van der Waals surface area contributed by atoms with E-state index in [4.69, 9.17) is 4.52 Å². The second kappa shape index (κ2) is 9.95. The van der Waals surface area contributed by atoms with Gasteiger partial charge in [0.25, 0.3) is 0 Å². The number of halogens is 1. The number of aromatic nitrogens is 3. The topological polar surface area (TPSA) is 83.5 Å². The van der Waals surface area contributed by atoms with Crippen molar-refractivity contribution in [1.29, 1.82) is 0 Å². The molecule has 0 bridgehead atoms. The standard InChI is InChI=1S/C18H29N7O.HI/c1-13(2)17-8-16(26-23-17)10-20-18(19-3)22-14-6-5-7-25(11-14)15-9-21-24(4)12-15;/h8-9,12-14H,5-7,10-11H2,1-4H3,(H2,19,20,22);1H. The SMILES string of the molecule is CN=C(NCc1cc(C(C)C)no1)NC1CCCN(c2cnn(C)c2)C1.I. The number of hydrogen-bond donors (Lipinski definition) is 2. The van der Waals surface area contributed by atoms with Crippen LogP contribution in [0.5, 0.6) is 0 Å². The lowest BCUT2D eigenvalue weighted by Crippen LogP contribution is -2.51. The van der Waals surface area contributed by atoms with Gasteiger partial charge in [-0.15, -0.1) is 24.0 Å². The van der Waals surface area contributed by atoms with Gasteiger partial charge in [-0.05, 0) is 18.8 Å². The number of aryl methyl sites for hydroxylation is 1. The Bertz CT molecular complexity index is 740. The maximum Gasteiger partial charge on any atom is 0.191 e. The van der Waals surface area contributed by atoms with Crippen LogP contribution < -0.4 is 15.5 Å². The van der Waals surface area contributed by atoms with Crippen LogP contribution in [0.15, 0.2) is 28.0 Å². The van der Waals surface area contributed by atoms with Crippen LogP contribution in [0.2, 0.25) is 0 Å². The zero-order valence-corrected chi connectivity index (χ0v) is 18.8. The minimum Gasteiger partial charge on any atom is -0.367 e. The number of nitrogens with one attached hydrogen (secondary N) is 2. The van der Waals surface area contributed by atoms with Crippen molar-refractivity contribution < 1.29 is 4.52 Å². The quantitative estimate of drug-likeness (QED) is 0.383. The lowest BCUT2D eigenvalue weighted by atomic mass is 10.1. The first-order chi connectivity index (χ1) is 12.5. The van der Waals surface area contributed by atoms with Gasteiger partial charge in [-0.1, -0.05) is 19.0 Å². The second-order valence-electron chi connectivity index (χ2n) is 7.10. The van der Waals surface area contributed by atoms with Crippen molar-refractivity contribution in [2.75, 3.05) is 25.0 Å². The number of piperidine rings is 1. The molecule has 0 spiro atoms. The van der Waals surface area contributed by atoms with Crippen molar-refractivity contribution in [3.63, 3.8) is 0 Å². The maximum absolute atomic E-state index is 5.38. The molecule has 1 aliphatic heterocycles. The van der Waals surface area contributed by atoms with E-state index in [1.165, 1.54) is 5.69 Å². The molecule has 0 amide bonds. The molecule has 1 saturated heterocycles. The molecule has 1 atom stereocenters. The minimum atomic E-state index is 0. The van der Waals surface area contributed by atoms with Crippen LogP contribution >= 0.6 is 24.0 Å². The van der Waals surface area contributed by atoms with Crippen molar-refractivity contribution in [3.05, 3.63) is 29.9 Å². The van der Waals surface area contributed by atoms with Gasteiger partial charge < -0.3 is 20.1 Å².